The number of hydrogen-bond donors (Lipinski definition) is 2. The van der Waals surface area contributed by atoms with E-state index in [0.29, 0.717) is 23.1 Å². The first-order chi connectivity index (χ1) is 17.4. The Labute approximate surface area is 216 Å². The highest BCUT2D eigenvalue weighted by Gasteiger charge is 2.52. The second kappa shape index (κ2) is 10.2. The molecule has 0 radical (unpaired) electrons. The number of carboxylic acid groups (broad SMARTS) is 1. The molecule has 2 aromatic heterocycles. The van der Waals surface area contributed by atoms with Crippen LogP contribution < -0.4 is 5.32 Å². The van der Waals surface area contributed by atoms with Crippen molar-refractivity contribution >= 4 is 37.4 Å². The molecule has 0 bridgehead atoms. The Kier molecular flexibility index (Phi) is 7.35. The van der Waals surface area contributed by atoms with Crippen molar-refractivity contribution in [2.45, 2.75) is 76.8 Å². The molecule has 1 aliphatic rings. The van der Waals surface area contributed by atoms with Gasteiger partial charge in [0.1, 0.15) is 12.4 Å². The molecule has 3 heterocycles. The number of fused-ring (bicyclic) bond motifs is 1. The largest absolute Gasteiger partial charge is 0.506 e. The second-order valence-corrected chi connectivity index (χ2v) is 15.3. The molecular formula is C25H33N5O6Si. The number of imidazole rings is 1. The molecule has 1 unspecified atom stereocenters. The van der Waals surface area contributed by atoms with E-state index in [9.17, 15) is 14.7 Å². The predicted octanol–water partition coefficient (Wildman–Crippen LogP) is 4.84. The Bertz CT molecular complexity index is 1280. The number of aromatic nitrogens is 4. The first-order valence-electron chi connectivity index (χ1n) is 12.2. The van der Waals surface area contributed by atoms with Crippen molar-refractivity contribution in [3.63, 3.8) is 0 Å². The average molecular weight is 528 g/mol. The molecule has 1 aromatic carbocycles. The summed E-state index contributed by atoms with van der Waals surface area (Å²) in [4.78, 5) is 37.4. The van der Waals surface area contributed by atoms with Crippen molar-refractivity contribution in [1.82, 2.24) is 19.5 Å². The fraction of sp³-hybridized carbons (Fsp3) is 0.480. The van der Waals surface area contributed by atoms with Crippen LogP contribution in [0.5, 0.6) is 0 Å². The Hall–Kier alpha value is -3.35. The van der Waals surface area contributed by atoms with Crippen molar-refractivity contribution in [1.29, 1.82) is 0 Å². The molecule has 12 heteroatoms. The van der Waals surface area contributed by atoms with Crippen molar-refractivity contribution in [2.24, 2.45) is 0 Å². The Balaban J connectivity index is 1.69. The number of hydrogen-bond acceptors (Lipinski definition) is 8. The molecule has 0 saturated carbocycles. The summed E-state index contributed by atoms with van der Waals surface area (Å²) in [6.45, 7) is 12.5. The third kappa shape index (κ3) is 5.36. The number of benzene rings is 1. The van der Waals surface area contributed by atoms with Crippen molar-refractivity contribution in [2.75, 3.05) is 5.32 Å². The maximum absolute atomic E-state index is 12.7. The van der Waals surface area contributed by atoms with Crippen LogP contribution in [-0.4, -0.2) is 63.3 Å². The lowest BCUT2D eigenvalue weighted by atomic mass is 10.1. The van der Waals surface area contributed by atoms with E-state index in [2.05, 4.69) is 54.1 Å². The number of carbonyl (C=O) groups excluding carboxylic acids is 1. The number of carbonyl (C=O) groups is 2. The van der Waals surface area contributed by atoms with Gasteiger partial charge in [-0.2, -0.15) is 0 Å². The predicted molar refractivity (Wildman–Crippen MR) is 139 cm³/mol. The van der Waals surface area contributed by atoms with Gasteiger partial charge in [-0.15, -0.1) is 0 Å². The molecule has 4 atom stereocenters. The van der Waals surface area contributed by atoms with Gasteiger partial charge in [0.25, 0.3) is 5.91 Å². The lowest BCUT2D eigenvalue weighted by Gasteiger charge is -2.40. The highest BCUT2D eigenvalue weighted by molar-refractivity contribution is 6.74. The minimum atomic E-state index is -2.30. The second-order valence-electron chi connectivity index (χ2n) is 10.5. The van der Waals surface area contributed by atoms with Crippen molar-refractivity contribution in [3.05, 3.63) is 48.5 Å². The number of anilines is 1. The lowest BCUT2D eigenvalue weighted by Crippen LogP contribution is -2.49. The molecule has 1 aliphatic heterocycles. The van der Waals surface area contributed by atoms with E-state index in [1.807, 2.05) is 13.0 Å². The first kappa shape index (κ1) is 26.7. The van der Waals surface area contributed by atoms with Crippen LogP contribution in [0, 0.1) is 0 Å². The molecule has 11 nitrogen and oxygen atoms in total. The molecule has 2 N–H and O–H groups in total. The van der Waals surface area contributed by atoms with Crippen LogP contribution in [0.15, 0.2) is 43.0 Å². The minimum absolute atomic E-state index is 0.0993. The monoisotopic (exact) mass is 527 g/mol. The quantitative estimate of drug-likeness (QED) is 0.326. The van der Waals surface area contributed by atoms with Crippen LogP contribution in [0.2, 0.25) is 18.1 Å². The van der Waals surface area contributed by atoms with E-state index in [1.165, 1.54) is 12.7 Å². The standard InChI is InChI=1S/C25H33N5O6Si/c1-7-16-18(36-37(5,6)25(2,3)4)19(35-24(32)33)23(34-16)30-14-28-17-20(26-13-27-21(17)30)29-22(31)15-11-9-8-10-12-15/h8-14,16,18-19,23H,7H2,1-6H3,(H,32,33)(H,26,27,29,31)/t16-,18-,19?,23-/m1/s1. The van der Waals surface area contributed by atoms with E-state index in [0.717, 1.165) is 0 Å². The summed E-state index contributed by atoms with van der Waals surface area (Å²) in [5.74, 6) is -0.111. The fourth-order valence-corrected chi connectivity index (χ4v) is 5.38. The van der Waals surface area contributed by atoms with Gasteiger partial charge in [0.05, 0.1) is 12.4 Å². The molecule has 1 saturated heterocycles. The van der Waals surface area contributed by atoms with Crippen LogP contribution in [0.1, 0.15) is 50.7 Å². The summed E-state index contributed by atoms with van der Waals surface area (Å²) in [5, 5.41) is 12.2. The highest BCUT2D eigenvalue weighted by atomic mass is 28.4. The summed E-state index contributed by atoms with van der Waals surface area (Å²) in [6, 6.07) is 8.75. The summed E-state index contributed by atoms with van der Waals surface area (Å²) in [6.07, 6.45) is -0.862. The summed E-state index contributed by atoms with van der Waals surface area (Å²) in [7, 11) is -2.30. The number of rotatable bonds is 7. The highest BCUT2D eigenvalue weighted by Crippen LogP contribution is 2.43. The third-order valence-corrected chi connectivity index (χ3v) is 11.5. The van der Waals surface area contributed by atoms with E-state index < -0.39 is 39.0 Å². The third-order valence-electron chi connectivity index (χ3n) is 7.06. The van der Waals surface area contributed by atoms with Gasteiger partial charge >= 0.3 is 6.16 Å². The van der Waals surface area contributed by atoms with Crippen LogP contribution in [0.3, 0.4) is 0 Å². The van der Waals surface area contributed by atoms with Crippen LogP contribution in [-0.2, 0) is 13.9 Å². The molecule has 0 aliphatic carbocycles. The first-order valence-corrected chi connectivity index (χ1v) is 15.1. The number of amides is 1. The zero-order chi connectivity index (χ0) is 27.0. The summed E-state index contributed by atoms with van der Waals surface area (Å²) < 4.78 is 20.0. The maximum Gasteiger partial charge on any atom is 0.506 e. The van der Waals surface area contributed by atoms with Crippen LogP contribution in [0.4, 0.5) is 10.6 Å². The average Bonchev–Trinajstić information content (AvgIpc) is 3.40. The fourth-order valence-electron chi connectivity index (χ4n) is 4.06. The van der Waals surface area contributed by atoms with Gasteiger partial charge in [-0.25, -0.2) is 19.7 Å². The van der Waals surface area contributed by atoms with Gasteiger partial charge in [0.2, 0.25) is 0 Å². The zero-order valence-corrected chi connectivity index (χ0v) is 22.8. The van der Waals surface area contributed by atoms with Crippen LogP contribution in [0.25, 0.3) is 11.2 Å². The number of nitrogens with zero attached hydrogens (tertiary/aromatic N) is 4. The molecule has 3 aromatic rings. The topological polar surface area (TPSA) is 138 Å². The molecule has 1 fully saturated rings. The van der Waals surface area contributed by atoms with E-state index in [4.69, 9.17) is 13.9 Å². The summed E-state index contributed by atoms with van der Waals surface area (Å²) in [5.41, 5.74) is 1.18. The van der Waals surface area contributed by atoms with Gasteiger partial charge in [-0.3, -0.25) is 9.36 Å². The molecule has 198 valence electrons. The number of ether oxygens (including phenoxy) is 2. The Morgan fingerprint density at radius 1 is 1.14 bits per heavy atom. The van der Waals surface area contributed by atoms with Gasteiger partial charge in [0, 0.05) is 5.56 Å². The smallest absolute Gasteiger partial charge is 0.450 e. The minimum Gasteiger partial charge on any atom is -0.450 e. The number of nitrogens with one attached hydrogen (secondary N) is 1. The molecule has 4 rings (SSSR count). The molecular weight excluding hydrogens is 494 g/mol. The molecule has 37 heavy (non-hydrogen) atoms. The van der Waals surface area contributed by atoms with Gasteiger partial charge < -0.3 is 24.3 Å². The van der Waals surface area contributed by atoms with E-state index >= 15 is 0 Å². The van der Waals surface area contributed by atoms with Gasteiger partial charge in [0.15, 0.2) is 37.6 Å². The van der Waals surface area contributed by atoms with E-state index in [1.54, 1.807) is 28.8 Å². The summed E-state index contributed by atoms with van der Waals surface area (Å²) >= 11 is 0. The van der Waals surface area contributed by atoms with Crippen molar-refractivity contribution < 1.29 is 28.6 Å². The van der Waals surface area contributed by atoms with Crippen molar-refractivity contribution in [3.8, 4) is 0 Å². The van der Waals surface area contributed by atoms with Gasteiger partial charge in [-0.1, -0.05) is 45.9 Å². The SMILES string of the molecule is CC[C@H]1O[C@@H](n2cnc3c(NC(=O)c4ccccc4)ncnc32)C(OC(=O)O)[C@@H]1O[Si](C)(C)C(C)(C)C. The normalized spacial score (nSPS) is 22.2. The Morgan fingerprint density at radius 2 is 1.84 bits per heavy atom. The molecule has 0 spiro atoms. The maximum atomic E-state index is 12.7. The lowest BCUT2D eigenvalue weighted by molar-refractivity contribution is -0.0501. The van der Waals surface area contributed by atoms with Gasteiger partial charge in [-0.05, 0) is 36.7 Å². The van der Waals surface area contributed by atoms with Crippen LogP contribution >= 0.6 is 0 Å². The van der Waals surface area contributed by atoms with E-state index in [-0.39, 0.29) is 16.8 Å². The Morgan fingerprint density at radius 3 is 2.46 bits per heavy atom. The zero-order valence-electron chi connectivity index (χ0n) is 21.8. The molecule has 1 amide bonds.